The van der Waals surface area contributed by atoms with Crippen molar-refractivity contribution in [2.45, 2.75) is 26.3 Å². The summed E-state index contributed by atoms with van der Waals surface area (Å²) in [6.45, 7) is 4.66. The van der Waals surface area contributed by atoms with Crippen molar-refractivity contribution in [1.82, 2.24) is 4.90 Å². The fourth-order valence-electron chi connectivity index (χ4n) is 3.15. The number of hydrogen-bond donors (Lipinski definition) is 2. The first kappa shape index (κ1) is 16.8. The minimum atomic E-state index is -0.672. The van der Waals surface area contributed by atoms with Crippen molar-refractivity contribution in [3.63, 3.8) is 0 Å². The van der Waals surface area contributed by atoms with E-state index in [2.05, 4.69) is 11.8 Å². The lowest BCUT2D eigenvalue weighted by Gasteiger charge is -2.16. The third-order valence-electron chi connectivity index (χ3n) is 4.18. The number of aliphatic carboxylic acids is 1. The monoisotopic (exact) mass is 307 g/mol. The zero-order chi connectivity index (χ0) is 15.9. The zero-order valence-electron chi connectivity index (χ0n) is 13.1. The number of carboxylic acid groups (broad SMARTS) is 1. The average molecular weight is 307 g/mol. The fourth-order valence-corrected chi connectivity index (χ4v) is 3.15. The molecule has 1 fully saturated rings. The first-order valence-corrected chi connectivity index (χ1v) is 7.91. The summed E-state index contributed by atoms with van der Waals surface area (Å²) < 4.78 is 5.34. The van der Waals surface area contributed by atoms with Gasteiger partial charge in [0.15, 0.2) is 0 Å². The minimum Gasteiger partial charge on any atom is -0.491 e. The summed E-state index contributed by atoms with van der Waals surface area (Å²) in [7, 11) is 0. The summed E-state index contributed by atoms with van der Waals surface area (Å²) in [6, 6.07) is 7.77. The summed E-state index contributed by atoms with van der Waals surface area (Å²) in [5, 5.41) is 18.1. The molecular weight excluding hydrogens is 282 g/mol. The number of rotatable bonds is 8. The largest absolute Gasteiger partial charge is 0.491 e. The molecule has 0 radical (unpaired) electrons. The number of aliphatic hydroxyl groups is 1. The van der Waals surface area contributed by atoms with Crippen molar-refractivity contribution in [3.05, 3.63) is 29.8 Å². The van der Waals surface area contributed by atoms with Crippen LogP contribution in [0.5, 0.6) is 5.75 Å². The second kappa shape index (κ2) is 8.15. The number of aliphatic hydroxyl groups excluding tert-OH is 1. The molecule has 0 aromatic heterocycles. The van der Waals surface area contributed by atoms with Crippen molar-refractivity contribution in [1.29, 1.82) is 0 Å². The second-order valence-corrected chi connectivity index (χ2v) is 5.90. The van der Waals surface area contributed by atoms with Gasteiger partial charge in [-0.05, 0) is 30.0 Å². The van der Waals surface area contributed by atoms with Gasteiger partial charge in [0, 0.05) is 19.6 Å². The summed E-state index contributed by atoms with van der Waals surface area (Å²) in [4.78, 5) is 13.6. The van der Waals surface area contributed by atoms with E-state index < -0.39 is 5.97 Å². The number of benzene rings is 1. The molecule has 0 aliphatic carbocycles. The smallest absolute Gasteiger partial charge is 0.308 e. The number of ether oxygens (including phenoxy) is 1. The van der Waals surface area contributed by atoms with Crippen molar-refractivity contribution < 1.29 is 19.7 Å². The SMILES string of the molecule is CCC[C@@H]1CN(Cc2ccc(OCCO)cc2)C[C@H]1C(=O)O. The van der Waals surface area contributed by atoms with Gasteiger partial charge in [-0.15, -0.1) is 0 Å². The van der Waals surface area contributed by atoms with E-state index in [1.165, 1.54) is 0 Å². The van der Waals surface area contributed by atoms with Gasteiger partial charge in [-0.2, -0.15) is 0 Å². The number of carboxylic acids is 1. The van der Waals surface area contributed by atoms with Crippen LogP contribution in [0.25, 0.3) is 0 Å². The Labute approximate surface area is 131 Å². The predicted octanol–water partition coefficient (Wildman–Crippen LogP) is 1.99. The Morgan fingerprint density at radius 3 is 2.64 bits per heavy atom. The van der Waals surface area contributed by atoms with Gasteiger partial charge in [0.25, 0.3) is 0 Å². The maximum Gasteiger partial charge on any atom is 0.308 e. The molecule has 0 unspecified atom stereocenters. The molecular formula is C17H25NO4. The molecule has 2 atom stereocenters. The van der Waals surface area contributed by atoms with Gasteiger partial charge in [0.2, 0.25) is 0 Å². The van der Waals surface area contributed by atoms with Crippen LogP contribution in [0.1, 0.15) is 25.3 Å². The van der Waals surface area contributed by atoms with Crippen molar-refractivity contribution in [2.24, 2.45) is 11.8 Å². The standard InChI is InChI=1S/C17H25NO4/c1-2-3-14-11-18(12-16(14)17(20)21)10-13-4-6-15(7-5-13)22-9-8-19/h4-7,14,16,19H,2-3,8-12H2,1H3,(H,20,21)/t14-,16-/m1/s1. The molecule has 122 valence electrons. The first-order valence-electron chi connectivity index (χ1n) is 7.91. The molecule has 22 heavy (non-hydrogen) atoms. The van der Waals surface area contributed by atoms with Crippen LogP contribution in [0.3, 0.4) is 0 Å². The molecule has 1 aliphatic heterocycles. The number of nitrogens with zero attached hydrogens (tertiary/aromatic N) is 1. The van der Waals surface area contributed by atoms with Crippen LogP contribution >= 0.6 is 0 Å². The Morgan fingerprint density at radius 2 is 2.05 bits per heavy atom. The lowest BCUT2D eigenvalue weighted by Crippen LogP contribution is -2.23. The van der Waals surface area contributed by atoms with Gasteiger partial charge in [0.1, 0.15) is 12.4 Å². The van der Waals surface area contributed by atoms with Crippen LogP contribution in [-0.4, -0.2) is 47.4 Å². The van der Waals surface area contributed by atoms with Gasteiger partial charge in [-0.25, -0.2) is 0 Å². The fraction of sp³-hybridized carbons (Fsp3) is 0.588. The van der Waals surface area contributed by atoms with Gasteiger partial charge >= 0.3 is 5.97 Å². The van der Waals surface area contributed by atoms with Crippen LogP contribution < -0.4 is 4.74 Å². The molecule has 1 saturated heterocycles. The molecule has 2 N–H and O–H groups in total. The van der Waals surface area contributed by atoms with Crippen LogP contribution in [0.4, 0.5) is 0 Å². The lowest BCUT2D eigenvalue weighted by atomic mass is 9.92. The Bertz CT molecular complexity index is 474. The molecule has 1 aromatic rings. The Hall–Kier alpha value is -1.59. The van der Waals surface area contributed by atoms with Crippen LogP contribution in [0, 0.1) is 11.8 Å². The number of hydrogen-bond acceptors (Lipinski definition) is 4. The Morgan fingerprint density at radius 1 is 1.32 bits per heavy atom. The van der Waals surface area contributed by atoms with E-state index in [1.807, 2.05) is 24.3 Å². The zero-order valence-corrected chi connectivity index (χ0v) is 13.1. The van der Waals surface area contributed by atoms with Crippen LogP contribution in [-0.2, 0) is 11.3 Å². The Balaban J connectivity index is 1.92. The van der Waals surface area contributed by atoms with E-state index in [9.17, 15) is 9.90 Å². The van der Waals surface area contributed by atoms with Gasteiger partial charge in [-0.3, -0.25) is 9.69 Å². The van der Waals surface area contributed by atoms with E-state index >= 15 is 0 Å². The van der Waals surface area contributed by atoms with Gasteiger partial charge in [-0.1, -0.05) is 25.5 Å². The molecule has 0 saturated carbocycles. The molecule has 5 heteroatoms. The van der Waals surface area contributed by atoms with Crippen molar-refractivity contribution in [3.8, 4) is 5.75 Å². The Kier molecular flexibility index (Phi) is 6.21. The lowest BCUT2D eigenvalue weighted by molar-refractivity contribution is -0.142. The first-order chi connectivity index (χ1) is 10.6. The summed E-state index contributed by atoms with van der Waals surface area (Å²) in [5.41, 5.74) is 1.15. The van der Waals surface area contributed by atoms with Crippen molar-refractivity contribution in [2.75, 3.05) is 26.3 Å². The van der Waals surface area contributed by atoms with Crippen molar-refractivity contribution >= 4 is 5.97 Å². The highest BCUT2D eigenvalue weighted by Gasteiger charge is 2.36. The van der Waals surface area contributed by atoms with E-state index in [4.69, 9.17) is 9.84 Å². The topological polar surface area (TPSA) is 70.0 Å². The molecule has 0 spiro atoms. The molecule has 5 nitrogen and oxygen atoms in total. The van der Waals surface area contributed by atoms with Crippen LogP contribution in [0.15, 0.2) is 24.3 Å². The highest BCUT2D eigenvalue weighted by atomic mass is 16.5. The van der Waals surface area contributed by atoms with E-state index in [-0.39, 0.29) is 18.4 Å². The van der Waals surface area contributed by atoms with Gasteiger partial charge < -0.3 is 14.9 Å². The van der Waals surface area contributed by atoms with E-state index in [0.29, 0.717) is 13.2 Å². The third kappa shape index (κ3) is 4.45. The predicted molar refractivity (Wildman–Crippen MR) is 83.8 cm³/mol. The normalized spacial score (nSPS) is 21.9. The quantitative estimate of drug-likeness (QED) is 0.768. The van der Waals surface area contributed by atoms with Crippen LogP contribution in [0.2, 0.25) is 0 Å². The number of carbonyl (C=O) groups is 1. The minimum absolute atomic E-state index is 0.00488. The molecule has 1 aromatic carbocycles. The molecule has 0 amide bonds. The summed E-state index contributed by atoms with van der Waals surface area (Å²) >= 11 is 0. The number of likely N-dealkylation sites (tertiary alicyclic amines) is 1. The van der Waals surface area contributed by atoms with E-state index in [0.717, 1.165) is 37.2 Å². The second-order valence-electron chi connectivity index (χ2n) is 5.90. The van der Waals surface area contributed by atoms with Gasteiger partial charge in [0.05, 0.1) is 12.5 Å². The average Bonchev–Trinajstić information content (AvgIpc) is 2.90. The molecule has 1 heterocycles. The highest BCUT2D eigenvalue weighted by molar-refractivity contribution is 5.71. The van der Waals surface area contributed by atoms with E-state index in [1.54, 1.807) is 0 Å². The maximum atomic E-state index is 11.4. The maximum absolute atomic E-state index is 11.4. The highest BCUT2D eigenvalue weighted by Crippen LogP contribution is 2.29. The molecule has 0 bridgehead atoms. The molecule has 1 aliphatic rings. The summed E-state index contributed by atoms with van der Waals surface area (Å²) in [5.74, 6) is 0.0852. The summed E-state index contributed by atoms with van der Waals surface area (Å²) in [6.07, 6.45) is 2.00. The third-order valence-corrected chi connectivity index (χ3v) is 4.18. The molecule has 2 rings (SSSR count).